The highest BCUT2D eigenvalue weighted by Crippen LogP contribution is 2.50. The molecule has 1 aliphatic carbocycles. The second-order valence-electron chi connectivity index (χ2n) is 8.43. The molecule has 2 atom stereocenters. The van der Waals surface area contributed by atoms with Gasteiger partial charge in [0.15, 0.2) is 0 Å². The third kappa shape index (κ3) is 5.13. The minimum atomic E-state index is -0.657. The molecule has 4 aromatic rings. The molecule has 0 amide bonds. The molecule has 5 rings (SSSR count). The maximum Gasteiger partial charge on any atom is 0.0256 e. The first kappa shape index (κ1) is 22.9. The fourth-order valence-corrected chi connectivity index (χ4v) is 9.25. The average Bonchev–Trinajstić information content (AvgIpc) is 3.39. The van der Waals surface area contributed by atoms with E-state index in [0.29, 0.717) is 12.0 Å². The predicted molar refractivity (Wildman–Crippen MR) is 151 cm³/mol. The van der Waals surface area contributed by atoms with Crippen LogP contribution in [0.2, 0.25) is 0 Å². The van der Waals surface area contributed by atoms with E-state index >= 15 is 0 Å². The van der Waals surface area contributed by atoms with E-state index in [-0.39, 0.29) is 0 Å². The third-order valence-electron chi connectivity index (χ3n) is 6.11. The summed E-state index contributed by atoms with van der Waals surface area (Å²) in [6.45, 7) is 2.35. The van der Waals surface area contributed by atoms with Crippen LogP contribution in [-0.4, -0.2) is 6.04 Å². The zero-order valence-electron chi connectivity index (χ0n) is 19.3. The first-order valence-corrected chi connectivity index (χ1v) is 14.4. The van der Waals surface area contributed by atoms with Gasteiger partial charge in [0, 0.05) is 20.0 Å². The van der Waals surface area contributed by atoms with Crippen LogP contribution < -0.4 is 26.3 Å². The normalized spacial score (nSPS) is 16.1. The fraction of sp³-hybridized carbons (Fsp3) is 0.0968. The van der Waals surface area contributed by atoms with Gasteiger partial charge < -0.3 is 0 Å². The number of allylic oxidation sites excluding steroid dienone is 2. The second kappa shape index (κ2) is 11.1. The number of hydrogen-bond acceptors (Lipinski definition) is 1. The van der Waals surface area contributed by atoms with Gasteiger partial charge in [0.1, 0.15) is 0 Å². The van der Waals surface area contributed by atoms with E-state index in [1.165, 1.54) is 26.5 Å². The average molecular weight is 478 g/mol. The summed E-state index contributed by atoms with van der Waals surface area (Å²) < 4.78 is 0. The Balaban J connectivity index is 1.47. The summed E-state index contributed by atoms with van der Waals surface area (Å²) in [7, 11) is -1.25. The molecule has 0 spiro atoms. The van der Waals surface area contributed by atoms with Gasteiger partial charge in [0.05, 0.1) is 0 Å². The van der Waals surface area contributed by atoms with Crippen molar-refractivity contribution in [1.82, 2.24) is 5.09 Å². The van der Waals surface area contributed by atoms with E-state index in [1.807, 2.05) is 0 Å². The highest BCUT2D eigenvalue weighted by molar-refractivity contribution is 7.76. The van der Waals surface area contributed by atoms with Crippen LogP contribution in [0.3, 0.4) is 0 Å². The van der Waals surface area contributed by atoms with Gasteiger partial charge in [0.25, 0.3) is 0 Å². The maximum absolute atomic E-state index is 4.06. The van der Waals surface area contributed by atoms with Crippen LogP contribution in [0.1, 0.15) is 6.92 Å². The summed E-state index contributed by atoms with van der Waals surface area (Å²) in [4.78, 5) is 0. The van der Waals surface area contributed by atoms with Crippen molar-refractivity contribution in [2.75, 3.05) is 0 Å². The molecule has 0 fully saturated rings. The molecule has 168 valence electrons. The van der Waals surface area contributed by atoms with E-state index in [9.17, 15) is 0 Å². The molecular formula is C31H29NP2. The number of nitrogens with one attached hydrogen (secondary N) is 1. The lowest BCUT2D eigenvalue weighted by atomic mass is 10.0. The van der Waals surface area contributed by atoms with E-state index in [4.69, 9.17) is 0 Å². The molecule has 0 aliphatic heterocycles. The number of rotatable bonds is 8. The van der Waals surface area contributed by atoms with Crippen LogP contribution in [0.5, 0.6) is 0 Å². The first-order valence-electron chi connectivity index (χ1n) is 11.8. The van der Waals surface area contributed by atoms with Gasteiger partial charge in [-0.3, -0.25) is 5.09 Å². The third-order valence-corrected chi connectivity index (χ3v) is 11.0. The standard InChI is InChI=1S/C31H29NP2/c1-25(32-34(28-19-10-4-11-20-28)29-21-12-5-13-22-29)30-23-14-24-31(30)33(26-15-6-2-7-16-26)27-17-8-3-9-18-27/h2-25,30,32H,1H3/t25-,30?/m0/s1. The van der Waals surface area contributed by atoms with Crippen molar-refractivity contribution in [3.05, 3.63) is 145 Å². The molecule has 0 saturated heterocycles. The van der Waals surface area contributed by atoms with Crippen LogP contribution in [0.4, 0.5) is 0 Å². The first-order chi connectivity index (χ1) is 16.8. The molecule has 34 heavy (non-hydrogen) atoms. The molecule has 0 bridgehead atoms. The van der Waals surface area contributed by atoms with Gasteiger partial charge in [0.2, 0.25) is 0 Å². The van der Waals surface area contributed by atoms with E-state index in [2.05, 4.69) is 152 Å². The molecule has 0 aromatic heterocycles. The predicted octanol–water partition coefficient (Wildman–Crippen LogP) is 6.22. The summed E-state index contributed by atoms with van der Waals surface area (Å²) in [6, 6.07) is 44.1. The van der Waals surface area contributed by atoms with E-state index < -0.39 is 16.0 Å². The molecule has 1 nitrogen and oxygen atoms in total. The zero-order valence-corrected chi connectivity index (χ0v) is 21.1. The minimum absolute atomic E-state index is 0.300. The lowest BCUT2D eigenvalue weighted by Gasteiger charge is -2.32. The smallest absolute Gasteiger partial charge is 0.0256 e. The molecule has 1 unspecified atom stereocenters. The Bertz CT molecular complexity index is 1160. The molecule has 3 heteroatoms. The van der Waals surface area contributed by atoms with Gasteiger partial charge in [-0.25, -0.2) is 0 Å². The molecule has 0 saturated carbocycles. The van der Waals surface area contributed by atoms with Crippen molar-refractivity contribution in [3.8, 4) is 0 Å². The number of benzene rings is 4. The lowest BCUT2D eigenvalue weighted by molar-refractivity contribution is 0.591. The Hall–Kier alpha value is -2.82. The van der Waals surface area contributed by atoms with Crippen molar-refractivity contribution in [2.45, 2.75) is 13.0 Å². The highest BCUT2D eigenvalue weighted by Gasteiger charge is 2.31. The molecule has 4 aromatic carbocycles. The fourth-order valence-electron chi connectivity index (χ4n) is 4.47. The monoisotopic (exact) mass is 477 g/mol. The molecular weight excluding hydrogens is 448 g/mol. The molecule has 0 heterocycles. The summed E-state index contributed by atoms with van der Waals surface area (Å²) in [6.07, 6.45) is 7.01. The van der Waals surface area contributed by atoms with E-state index in [0.717, 1.165) is 0 Å². The van der Waals surface area contributed by atoms with Gasteiger partial charge >= 0.3 is 0 Å². The quantitative estimate of drug-likeness (QED) is 0.297. The van der Waals surface area contributed by atoms with Crippen LogP contribution in [0.15, 0.2) is 145 Å². The van der Waals surface area contributed by atoms with Gasteiger partial charge in [-0.15, -0.1) is 0 Å². The topological polar surface area (TPSA) is 12.0 Å². The summed E-state index contributed by atoms with van der Waals surface area (Å²) in [5, 5.41) is 11.1. The molecule has 1 aliphatic rings. The Morgan fingerprint density at radius 3 is 1.44 bits per heavy atom. The second-order valence-corrected chi connectivity index (χ2v) is 12.6. The van der Waals surface area contributed by atoms with Crippen LogP contribution in [0.25, 0.3) is 0 Å². The van der Waals surface area contributed by atoms with Crippen LogP contribution >= 0.6 is 16.0 Å². The maximum atomic E-state index is 4.06. The van der Waals surface area contributed by atoms with Crippen molar-refractivity contribution in [3.63, 3.8) is 0 Å². The number of hydrogen-bond donors (Lipinski definition) is 1. The van der Waals surface area contributed by atoms with Crippen molar-refractivity contribution >= 4 is 37.2 Å². The van der Waals surface area contributed by atoms with Crippen LogP contribution in [-0.2, 0) is 0 Å². The molecule has 1 N–H and O–H groups in total. The Labute approximate surface area is 205 Å². The van der Waals surface area contributed by atoms with Crippen molar-refractivity contribution in [2.24, 2.45) is 5.92 Å². The van der Waals surface area contributed by atoms with Crippen LogP contribution in [0, 0.1) is 5.92 Å². The summed E-state index contributed by atoms with van der Waals surface area (Å²) in [5.74, 6) is 0.351. The Morgan fingerprint density at radius 2 is 1.00 bits per heavy atom. The Morgan fingerprint density at radius 1 is 0.588 bits per heavy atom. The SMILES string of the molecule is C[C@H](NP(c1ccccc1)c1ccccc1)C1C=CC=C1P(c1ccccc1)c1ccccc1. The lowest BCUT2D eigenvalue weighted by Crippen LogP contribution is -2.35. The van der Waals surface area contributed by atoms with E-state index in [1.54, 1.807) is 0 Å². The molecule has 0 radical (unpaired) electrons. The van der Waals surface area contributed by atoms with Gasteiger partial charge in [-0.1, -0.05) is 140 Å². The summed E-state index contributed by atoms with van der Waals surface area (Å²) in [5.41, 5.74) is 0. The zero-order chi connectivity index (χ0) is 23.2. The summed E-state index contributed by atoms with van der Waals surface area (Å²) >= 11 is 0. The highest BCUT2D eigenvalue weighted by atomic mass is 31.1. The van der Waals surface area contributed by atoms with Gasteiger partial charge in [-0.05, 0) is 41.4 Å². The largest absolute Gasteiger partial charge is 0.285 e. The Kier molecular flexibility index (Phi) is 7.47. The van der Waals surface area contributed by atoms with Crippen molar-refractivity contribution < 1.29 is 0 Å². The van der Waals surface area contributed by atoms with Crippen molar-refractivity contribution in [1.29, 1.82) is 0 Å². The van der Waals surface area contributed by atoms with Gasteiger partial charge in [-0.2, -0.15) is 0 Å². The minimum Gasteiger partial charge on any atom is -0.285 e.